The van der Waals surface area contributed by atoms with E-state index in [0.717, 1.165) is 25.9 Å². The van der Waals surface area contributed by atoms with Gasteiger partial charge in [0.15, 0.2) is 10.9 Å². The van der Waals surface area contributed by atoms with E-state index in [9.17, 15) is 8.42 Å². The predicted octanol–water partition coefficient (Wildman–Crippen LogP) is 0.484. The Morgan fingerprint density at radius 3 is 2.54 bits per heavy atom. The van der Waals surface area contributed by atoms with Crippen molar-refractivity contribution in [2.75, 3.05) is 25.1 Å². The third-order valence-corrected chi connectivity index (χ3v) is 5.48. The Morgan fingerprint density at radius 2 is 1.92 bits per heavy atom. The minimum Gasteiger partial charge on any atom is -0.467 e. The first-order chi connectivity index (χ1) is 12.4. The van der Waals surface area contributed by atoms with Crippen LogP contribution in [0.3, 0.4) is 0 Å². The number of aromatic nitrogens is 5. The van der Waals surface area contributed by atoms with Crippen molar-refractivity contribution < 1.29 is 13.2 Å². The number of nitrogens with zero attached hydrogens (tertiary/aromatic N) is 6. The maximum absolute atomic E-state index is 12.5. The summed E-state index contributed by atoms with van der Waals surface area (Å²) >= 11 is 0. The second kappa shape index (κ2) is 7.54. The molecule has 0 bridgehead atoms. The molecule has 3 heterocycles. The van der Waals surface area contributed by atoms with E-state index in [1.165, 1.54) is 13.3 Å². The van der Waals surface area contributed by atoms with E-state index in [4.69, 9.17) is 4.74 Å². The van der Waals surface area contributed by atoms with Crippen LogP contribution in [0.1, 0.15) is 31.4 Å². The standard InChI is InChI=1S/C15H23N7O3S/c1-4-21-10-13(17-11(21)2)26(23,24)16-9-12-18-14(20-15(19-12)25-3)22-7-5-6-8-22/h10,16H,4-9H2,1-3H3. The average Bonchev–Trinajstić information content (AvgIpc) is 3.29. The fraction of sp³-hybridized carbons (Fsp3) is 0.600. The molecule has 1 fully saturated rings. The van der Waals surface area contributed by atoms with Gasteiger partial charge in [-0.3, -0.25) is 0 Å². The average molecular weight is 381 g/mol. The molecule has 0 spiro atoms. The first-order valence-electron chi connectivity index (χ1n) is 8.50. The van der Waals surface area contributed by atoms with Gasteiger partial charge in [0.05, 0.1) is 13.7 Å². The van der Waals surface area contributed by atoms with E-state index in [-0.39, 0.29) is 17.6 Å². The summed E-state index contributed by atoms with van der Waals surface area (Å²) in [5.41, 5.74) is 0. The van der Waals surface area contributed by atoms with E-state index < -0.39 is 10.0 Å². The number of nitrogens with one attached hydrogen (secondary N) is 1. The quantitative estimate of drug-likeness (QED) is 0.736. The lowest BCUT2D eigenvalue weighted by Gasteiger charge is -2.16. The zero-order valence-corrected chi connectivity index (χ0v) is 16.0. The fourth-order valence-corrected chi connectivity index (χ4v) is 3.76. The van der Waals surface area contributed by atoms with Crippen molar-refractivity contribution in [1.29, 1.82) is 0 Å². The topological polar surface area (TPSA) is 115 Å². The summed E-state index contributed by atoms with van der Waals surface area (Å²) in [5, 5.41) is -0.0161. The van der Waals surface area contributed by atoms with Crippen molar-refractivity contribution in [1.82, 2.24) is 29.2 Å². The Morgan fingerprint density at radius 1 is 1.19 bits per heavy atom. The van der Waals surface area contributed by atoms with Gasteiger partial charge in [-0.1, -0.05) is 0 Å². The molecule has 0 radical (unpaired) electrons. The minimum absolute atomic E-state index is 0.0161. The molecule has 2 aromatic heterocycles. The fourth-order valence-electron chi connectivity index (χ4n) is 2.78. The summed E-state index contributed by atoms with van der Waals surface area (Å²) in [6.07, 6.45) is 3.67. The number of sulfonamides is 1. The Hall–Kier alpha value is -2.27. The van der Waals surface area contributed by atoms with Gasteiger partial charge in [-0.05, 0) is 26.7 Å². The van der Waals surface area contributed by atoms with Crippen LogP contribution in [0.25, 0.3) is 0 Å². The van der Waals surface area contributed by atoms with E-state index >= 15 is 0 Å². The summed E-state index contributed by atoms with van der Waals surface area (Å²) in [7, 11) is -2.29. The van der Waals surface area contributed by atoms with Gasteiger partial charge in [0, 0.05) is 25.8 Å². The van der Waals surface area contributed by atoms with Gasteiger partial charge in [-0.2, -0.15) is 15.0 Å². The molecule has 1 saturated heterocycles. The molecule has 26 heavy (non-hydrogen) atoms. The van der Waals surface area contributed by atoms with Crippen molar-refractivity contribution in [2.45, 2.75) is 44.8 Å². The normalized spacial score (nSPS) is 14.8. The monoisotopic (exact) mass is 381 g/mol. The van der Waals surface area contributed by atoms with E-state index in [1.807, 2.05) is 11.8 Å². The van der Waals surface area contributed by atoms with Crippen LogP contribution in [0.4, 0.5) is 5.95 Å². The highest BCUT2D eigenvalue weighted by Crippen LogP contribution is 2.18. The second-order valence-electron chi connectivity index (χ2n) is 5.97. The van der Waals surface area contributed by atoms with Gasteiger partial charge in [0.2, 0.25) is 5.95 Å². The van der Waals surface area contributed by atoms with Crippen LogP contribution in [0.2, 0.25) is 0 Å². The maximum atomic E-state index is 12.5. The van der Waals surface area contributed by atoms with E-state index in [0.29, 0.717) is 24.1 Å². The van der Waals surface area contributed by atoms with Gasteiger partial charge < -0.3 is 14.2 Å². The Labute approximate surface area is 152 Å². The number of anilines is 1. The molecule has 0 saturated carbocycles. The summed E-state index contributed by atoms with van der Waals surface area (Å²) in [5.74, 6) is 1.45. The summed E-state index contributed by atoms with van der Waals surface area (Å²) in [6.45, 7) is 6.01. The van der Waals surface area contributed by atoms with Crippen LogP contribution in [-0.4, -0.2) is 53.1 Å². The number of ether oxygens (including phenoxy) is 1. The molecular formula is C15H23N7O3S. The number of hydrogen-bond donors (Lipinski definition) is 1. The lowest BCUT2D eigenvalue weighted by molar-refractivity contribution is 0.375. The second-order valence-corrected chi connectivity index (χ2v) is 7.68. The van der Waals surface area contributed by atoms with Crippen molar-refractivity contribution in [3.8, 4) is 6.01 Å². The first-order valence-corrected chi connectivity index (χ1v) is 9.98. The van der Waals surface area contributed by atoms with Crippen molar-refractivity contribution in [3.05, 3.63) is 17.8 Å². The molecule has 1 aliphatic heterocycles. The molecule has 1 N–H and O–H groups in total. The highest BCUT2D eigenvalue weighted by atomic mass is 32.2. The van der Waals surface area contributed by atoms with Crippen molar-refractivity contribution >= 4 is 16.0 Å². The van der Waals surface area contributed by atoms with Gasteiger partial charge in [0.1, 0.15) is 5.82 Å². The minimum atomic E-state index is -3.76. The summed E-state index contributed by atoms with van der Waals surface area (Å²) in [6, 6.07) is 0.169. The van der Waals surface area contributed by atoms with Crippen molar-refractivity contribution in [3.63, 3.8) is 0 Å². The molecule has 0 amide bonds. The van der Waals surface area contributed by atoms with Crippen LogP contribution < -0.4 is 14.4 Å². The maximum Gasteiger partial charge on any atom is 0.321 e. The van der Waals surface area contributed by atoms with E-state index in [1.54, 1.807) is 11.5 Å². The third kappa shape index (κ3) is 3.93. The molecule has 0 aliphatic carbocycles. The lowest BCUT2D eigenvalue weighted by Crippen LogP contribution is -2.26. The Balaban J connectivity index is 1.78. The van der Waals surface area contributed by atoms with E-state index in [2.05, 4.69) is 24.7 Å². The number of methoxy groups -OCH3 is 1. The molecule has 3 rings (SSSR count). The Kier molecular flexibility index (Phi) is 5.37. The number of aryl methyl sites for hydroxylation is 2. The van der Waals surface area contributed by atoms with Crippen molar-refractivity contribution in [2.24, 2.45) is 0 Å². The zero-order chi connectivity index (χ0) is 18.7. The molecule has 11 heteroatoms. The third-order valence-electron chi connectivity index (χ3n) is 4.21. The predicted molar refractivity (Wildman–Crippen MR) is 94.5 cm³/mol. The van der Waals surface area contributed by atoms with Crippen LogP contribution in [0, 0.1) is 6.92 Å². The highest BCUT2D eigenvalue weighted by molar-refractivity contribution is 7.89. The van der Waals surface area contributed by atoms with Crippen LogP contribution >= 0.6 is 0 Å². The zero-order valence-electron chi connectivity index (χ0n) is 15.1. The van der Waals surface area contributed by atoms with Crippen LogP contribution in [0.5, 0.6) is 6.01 Å². The van der Waals surface area contributed by atoms with Gasteiger partial charge in [-0.15, -0.1) is 0 Å². The molecule has 1 aliphatic rings. The van der Waals surface area contributed by atoms with Crippen LogP contribution in [-0.2, 0) is 23.1 Å². The molecule has 0 unspecified atom stereocenters. The summed E-state index contributed by atoms with van der Waals surface area (Å²) in [4.78, 5) is 18.9. The number of imidazole rings is 1. The molecule has 142 valence electrons. The molecular weight excluding hydrogens is 358 g/mol. The molecule has 10 nitrogen and oxygen atoms in total. The number of rotatable bonds is 7. The van der Waals surface area contributed by atoms with Crippen LogP contribution in [0.15, 0.2) is 11.2 Å². The smallest absolute Gasteiger partial charge is 0.321 e. The Bertz CT molecular complexity index is 875. The highest BCUT2D eigenvalue weighted by Gasteiger charge is 2.21. The number of hydrogen-bond acceptors (Lipinski definition) is 8. The van der Waals surface area contributed by atoms with Gasteiger partial charge >= 0.3 is 6.01 Å². The first kappa shape index (κ1) is 18.5. The SMILES string of the molecule is CCn1cc(S(=O)(=O)NCc2nc(OC)nc(N3CCCC3)n2)nc1C. The molecule has 2 aromatic rings. The van der Waals surface area contributed by atoms with Gasteiger partial charge in [0.25, 0.3) is 10.0 Å². The largest absolute Gasteiger partial charge is 0.467 e. The molecule has 0 aromatic carbocycles. The van der Waals surface area contributed by atoms with Gasteiger partial charge in [-0.25, -0.2) is 18.1 Å². The lowest BCUT2D eigenvalue weighted by atomic mass is 10.4. The summed E-state index contributed by atoms with van der Waals surface area (Å²) < 4.78 is 34.4. The molecule has 0 atom stereocenters.